The summed E-state index contributed by atoms with van der Waals surface area (Å²) in [5, 5.41) is 0. The highest BCUT2D eigenvalue weighted by Gasteiger charge is 1.93. The first-order valence-electron chi connectivity index (χ1n) is 3.15. The predicted molar refractivity (Wildman–Crippen MR) is 42.1 cm³/mol. The van der Waals surface area contributed by atoms with E-state index in [9.17, 15) is 0 Å². The SMILES string of the molecule is C=CCOc1nccc(N)n1. The van der Waals surface area contributed by atoms with Crippen LogP contribution in [0.15, 0.2) is 24.9 Å². The van der Waals surface area contributed by atoms with Crippen molar-refractivity contribution in [1.29, 1.82) is 0 Å². The van der Waals surface area contributed by atoms with Crippen molar-refractivity contribution in [2.75, 3.05) is 12.3 Å². The van der Waals surface area contributed by atoms with E-state index >= 15 is 0 Å². The molecule has 1 heterocycles. The lowest BCUT2D eigenvalue weighted by atomic mass is 10.6. The molecular weight excluding hydrogens is 142 g/mol. The van der Waals surface area contributed by atoms with Gasteiger partial charge in [0.05, 0.1) is 0 Å². The van der Waals surface area contributed by atoms with Crippen molar-refractivity contribution >= 4 is 5.82 Å². The molecule has 4 heteroatoms. The van der Waals surface area contributed by atoms with Gasteiger partial charge in [0.25, 0.3) is 0 Å². The molecule has 2 N–H and O–H groups in total. The zero-order valence-electron chi connectivity index (χ0n) is 6.03. The molecule has 0 fully saturated rings. The van der Waals surface area contributed by atoms with Crippen molar-refractivity contribution in [3.8, 4) is 6.01 Å². The number of anilines is 1. The lowest BCUT2D eigenvalue weighted by Gasteiger charge is -1.99. The third-order valence-corrected chi connectivity index (χ3v) is 0.985. The van der Waals surface area contributed by atoms with Gasteiger partial charge in [-0.1, -0.05) is 12.7 Å². The van der Waals surface area contributed by atoms with Crippen LogP contribution < -0.4 is 10.5 Å². The van der Waals surface area contributed by atoms with E-state index in [0.29, 0.717) is 12.4 Å². The second kappa shape index (κ2) is 3.55. The van der Waals surface area contributed by atoms with Gasteiger partial charge in [-0.25, -0.2) is 4.98 Å². The second-order valence-corrected chi connectivity index (χ2v) is 1.86. The van der Waals surface area contributed by atoms with Crippen LogP contribution in [-0.4, -0.2) is 16.6 Å². The Hall–Kier alpha value is -1.58. The van der Waals surface area contributed by atoms with Crippen LogP contribution in [0.2, 0.25) is 0 Å². The topological polar surface area (TPSA) is 61.0 Å². The average molecular weight is 151 g/mol. The quantitative estimate of drug-likeness (QED) is 0.643. The van der Waals surface area contributed by atoms with Crippen LogP contribution in [0.1, 0.15) is 0 Å². The number of hydrogen-bond donors (Lipinski definition) is 1. The molecule has 0 saturated carbocycles. The number of aromatic nitrogens is 2. The fraction of sp³-hybridized carbons (Fsp3) is 0.143. The minimum Gasteiger partial charge on any atom is -0.459 e. The molecule has 58 valence electrons. The Labute approximate surface area is 64.7 Å². The first kappa shape index (κ1) is 7.53. The summed E-state index contributed by atoms with van der Waals surface area (Å²) in [6, 6.07) is 1.88. The summed E-state index contributed by atoms with van der Waals surface area (Å²) < 4.78 is 5.02. The fourth-order valence-corrected chi connectivity index (χ4v) is 0.557. The smallest absolute Gasteiger partial charge is 0.318 e. The number of ether oxygens (including phenoxy) is 1. The molecule has 0 atom stereocenters. The van der Waals surface area contributed by atoms with Gasteiger partial charge in [0.15, 0.2) is 0 Å². The van der Waals surface area contributed by atoms with Gasteiger partial charge < -0.3 is 10.5 Å². The minimum absolute atomic E-state index is 0.282. The van der Waals surface area contributed by atoms with E-state index in [2.05, 4.69) is 16.5 Å². The lowest BCUT2D eigenvalue weighted by Crippen LogP contribution is -1.99. The summed E-state index contributed by atoms with van der Waals surface area (Å²) in [6.07, 6.45) is 3.16. The van der Waals surface area contributed by atoms with Crippen molar-refractivity contribution in [3.05, 3.63) is 24.9 Å². The number of hydrogen-bond acceptors (Lipinski definition) is 4. The van der Waals surface area contributed by atoms with Crippen LogP contribution in [0.3, 0.4) is 0 Å². The molecule has 1 rings (SSSR count). The Kier molecular flexibility index (Phi) is 2.43. The first-order valence-corrected chi connectivity index (χ1v) is 3.15. The maximum atomic E-state index is 5.37. The summed E-state index contributed by atoms with van der Waals surface area (Å²) in [4.78, 5) is 7.62. The van der Waals surface area contributed by atoms with Crippen molar-refractivity contribution in [1.82, 2.24) is 9.97 Å². The van der Waals surface area contributed by atoms with Gasteiger partial charge >= 0.3 is 6.01 Å². The standard InChI is InChI=1S/C7H9N3O/c1-2-5-11-7-9-4-3-6(8)10-7/h2-4H,1,5H2,(H2,8,9,10). The van der Waals surface area contributed by atoms with Crippen molar-refractivity contribution in [2.24, 2.45) is 0 Å². The molecule has 0 aliphatic heterocycles. The lowest BCUT2D eigenvalue weighted by molar-refractivity contribution is 0.334. The van der Waals surface area contributed by atoms with Gasteiger partial charge in [0, 0.05) is 6.20 Å². The molecule has 0 aliphatic rings. The van der Waals surface area contributed by atoms with E-state index in [4.69, 9.17) is 10.5 Å². The molecule has 11 heavy (non-hydrogen) atoms. The molecule has 4 nitrogen and oxygen atoms in total. The van der Waals surface area contributed by atoms with Crippen LogP contribution in [0.25, 0.3) is 0 Å². The first-order chi connectivity index (χ1) is 5.33. The molecule has 0 aliphatic carbocycles. The average Bonchev–Trinajstić information content (AvgIpc) is 2.01. The molecular formula is C7H9N3O. The minimum atomic E-state index is 0.282. The normalized spacial score (nSPS) is 9.09. The molecule has 0 radical (unpaired) electrons. The third kappa shape index (κ3) is 2.25. The van der Waals surface area contributed by atoms with Crippen LogP contribution in [0.5, 0.6) is 6.01 Å². The summed E-state index contributed by atoms with van der Waals surface area (Å²) in [7, 11) is 0. The molecule has 1 aromatic rings. The Morgan fingerprint density at radius 1 is 1.73 bits per heavy atom. The van der Waals surface area contributed by atoms with Gasteiger partial charge in [-0.2, -0.15) is 4.98 Å². The number of nitrogens with two attached hydrogens (primary N) is 1. The Bertz CT molecular complexity index is 249. The number of nitrogens with zero attached hydrogens (tertiary/aromatic N) is 2. The summed E-state index contributed by atoms with van der Waals surface area (Å²) in [5.74, 6) is 0.402. The fourth-order valence-electron chi connectivity index (χ4n) is 0.557. The number of nitrogen functional groups attached to an aromatic ring is 1. The zero-order valence-corrected chi connectivity index (χ0v) is 6.03. The third-order valence-electron chi connectivity index (χ3n) is 0.985. The molecule has 1 aromatic heterocycles. The Morgan fingerprint density at radius 3 is 3.18 bits per heavy atom. The summed E-state index contributed by atoms with van der Waals surface area (Å²) in [5.41, 5.74) is 5.37. The number of rotatable bonds is 3. The molecule has 0 saturated heterocycles. The molecule has 0 spiro atoms. The second-order valence-electron chi connectivity index (χ2n) is 1.86. The highest BCUT2D eigenvalue weighted by atomic mass is 16.5. The summed E-state index contributed by atoms with van der Waals surface area (Å²) >= 11 is 0. The monoisotopic (exact) mass is 151 g/mol. The maximum absolute atomic E-state index is 5.37. The highest BCUT2D eigenvalue weighted by molar-refractivity contribution is 5.26. The zero-order chi connectivity index (χ0) is 8.10. The van der Waals surface area contributed by atoms with Crippen molar-refractivity contribution in [2.45, 2.75) is 0 Å². The van der Waals surface area contributed by atoms with Gasteiger partial charge in [-0.15, -0.1) is 0 Å². The predicted octanol–water partition coefficient (Wildman–Crippen LogP) is 0.624. The maximum Gasteiger partial charge on any atom is 0.318 e. The van der Waals surface area contributed by atoms with E-state index in [0.717, 1.165) is 0 Å². The van der Waals surface area contributed by atoms with Crippen LogP contribution in [0.4, 0.5) is 5.82 Å². The van der Waals surface area contributed by atoms with Crippen LogP contribution in [0, 0.1) is 0 Å². The highest BCUT2D eigenvalue weighted by Crippen LogP contribution is 2.02. The van der Waals surface area contributed by atoms with Crippen molar-refractivity contribution < 1.29 is 4.74 Å². The Balaban J connectivity index is 2.63. The molecule has 0 bridgehead atoms. The van der Waals surface area contributed by atoms with E-state index in [1.54, 1.807) is 18.3 Å². The molecule has 0 amide bonds. The van der Waals surface area contributed by atoms with E-state index in [1.165, 1.54) is 0 Å². The molecule has 0 unspecified atom stereocenters. The van der Waals surface area contributed by atoms with E-state index < -0.39 is 0 Å². The van der Waals surface area contributed by atoms with Crippen LogP contribution in [-0.2, 0) is 0 Å². The Morgan fingerprint density at radius 2 is 2.55 bits per heavy atom. The van der Waals surface area contributed by atoms with E-state index in [1.807, 2.05) is 0 Å². The van der Waals surface area contributed by atoms with Crippen molar-refractivity contribution in [3.63, 3.8) is 0 Å². The van der Waals surface area contributed by atoms with Gasteiger partial charge in [-0.05, 0) is 6.07 Å². The van der Waals surface area contributed by atoms with Gasteiger partial charge in [-0.3, -0.25) is 0 Å². The summed E-state index contributed by atoms with van der Waals surface area (Å²) in [6.45, 7) is 3.88. The molecule has 0 aromatic carbocycles. The largest absolute Gasteiger partial charge is 0.459 e. The van der Waals surface area contributed by atoms with Gasteiger partial charge in [0.2, 0.25) is 0 Å². The van der Waals surface area contributed by atoms with Crippen LogP contribution >= 0.6 is 0 Å². The van der Waals surface area contributed by atoms with Gasteiger partial charge in [0.1, 0.15) is 12.4 Å². The van der Waals surface area contributed by atoms with E-state index in [-0.39, 0.29) is 6.01 Å².